The van der Waals surface area contributed by atoms with Crippen molar-refractivity contribution >= 4 is 38.9 Å². The highest BCUT2D eigenvalue weighted by atomic mass is 79.9. The second kappa shape index (κ2) is 6.75. The molecular formula is C6H13BrN2O5S. The van der Waals surface area contributed by atoms with E-state index in [0.717, 1.165) is 6.26 Å². The van der Waals surface area contributed by atoms with Gasteiger partial charge < -0.3 is 10.8 Å². The van der Waals surface area contributed by atoms with Crippen LogP contribution >= 0.6 is 17.0 Å². The minimum Gasteiger partial charge on any atom is -0.480 e. The average molecular weight is 305 g/mol. The number of aliphatic carboxylic acids is 1. The molecule has 0 heterocycles. The maximum Gasteiger partial charge on any atom is 0.320 e. The fraction of sp³-hybridized carbons (Fsp3) is 0.667. The number of carboxylic acids is 1. The highest BCUT2D eigenvalue weighted by Gasteiger charge is 2.15. The van der Waals surface area contributed by atoms with Gasteiger partial charge in [-0.25, -0.2) is 8.42 Å². The number of sulfonamides is 1. The van der Waals surface area contributed by atoms with Gasteiger partial charge in [-0.3, -0.25) is 14.3 Å². The zero-order valence-corrected chi connectivity index (χ0v) is 10.5. The first kappa shape index (κ1) is 16.7. The van der Waals surface area contributed by atoms with Crippen molar-refractivity contribution < 1.29 is 23.1 Å². The number of rotatable bonds is 5. The number of halogens is 1. The highest BCUT2D eigenvalue weighted by Crippen LogP contribution is 1.95. The van der Waals surface area contributed by atoms with E-state index in [0.29, 0.717) is 0 Å². The number of carbonyl (C=O) groups excluding carboxylic acids is 1. The molecule has 4 N–H and O–H groups in total. The first-order valence-electron chi connectivity index (χ1n) is 3.71. The maximum atomic E-state index is 10.8. The molecular weight excluding hydrogens is 292 g/mol. The van der Waals surface area contributed by atoms with Crippen LogP contribution in [0.2, 0.25) is 0 Å². The van der Waals surface area contributed by atoms with Gasteiger partial charge in [-0.1, -0.05) is 0 Å². The second-order valence-electron chi connectivity index (χ2n) is 2.78. The van der Waals surface area contributed by atoms with Crippen molar-refractivity contribution in [3.8, 4) is 0 Å². The Morgan fingerprint density at radius 1 is 1.47 bits per heavy atom. The Labute approximate surface area is 97.8 Å². The molecule has 0 fully saturated rings. The van der Waals surface area contributed by atoms with Gasteiger partial charge in [0.15, 0.2) is 0 Å². The molecule has 7 nitrogen and oxygen atoms in total. The van der Waals surface area contributed by atoms with E-state index in [-0.39, 0.29) is 29.8 Å². The average Bonchev–Trinajstić information content (AvgIpc) is 1.96. The van der Waals surface area contributed by atoms with E-state index >= 15 is 0 Å². The molecule has 0 saturated carbocycles. The van der Waals surface area contributed by atoms with E-state index in [2.05, 4.69) is 0 Å². The van der Waals surface area contributed by atoms with Crippen LogP contribution in [0.3, 0.4) is 0 Å². The van der Waals surface area contributed by atoms with Crippen molar-refractivity contribution in [2.75, 3.05) is 6.26 Å². The Bertz CT molecular complexity index is 328. The third-order valence-electron chi connectivity index (χ3n) is 1.30. The summed E-state index contributed by atoms with van der Waals surface area (Å²) in [6, 6.07) is -1.15. The maximum absolute atomic E-state index is 10.8. The third-order valence-corrected chi connectivity index (χ3v) is 1.90. The summed E-state index contributed by atoms with van der Waals surface area (Å²) in [5.41, 5.74) is 5.10. The summed E-state index contributed by atoms with van der Waals surface area (Å²) in [6.45, 7) is 0. The monoisotopic (exact) mass is 304 g/mol. The lowest BCUT2D eigenvalue weighted by molar-refractivity contribution is -0.138. The molecule has 1 atom stereocenters. The van der Waals surface area contributed by atoms with Gasteiger partial charge in [-0.15, -0.1) is 17.0 Å². The van der Waals surface area contributed by atoms with Gasteiger partial charge in [0.05, 0.1) is 6.26 Å². The van der Waals surface area contributed by atoms with Crippen LogP contribution in [0, 0.1) is 0 Å². The SMILES string of the molecule is Br.CS(=O)(=O)NC(=O)CC[C@H](N)C(=O)O. The summed E-state index contributed by atoms with van der Waals surface area (Å²) in [7, 11) is -3.58. The van der Waals surface area contributed by atoms with Gasteiger partial charge >= 0.3 is 5.97 Å². The standard InChI is InChI=1S/C6H12N2O5S.BrH/c1-14(12,13)8-5(9)3-2-4(7)6(10)11;/h4H,2-3,7H2,1H3,(H,8,9)(H,10,11);1H/t4-;/m0./s1. The predicted molar refractivity (Wildman–Crippen MR) is 58.2 cm³/mol. The van der Waals surface area contributed by atoms with Gasteiger partial charge in [-0.2, -0.15) is 0 Å². The van der Waals surface area contributed by atoms with Crippen molar-refractivity contribution in [1.29, 1.82) is 0 Å². The lowest BCUT2D eigenvalue weighted by Crippen LogP contribution is -2.34. The molecule has 0 rings (SSSR count). The number of nitrogens with two attached hydrogens (primary N) is 1. The smallest absolute Gasteiger partial charge is 0.320 e. The van der Waals surface area contributed by atoms with Crippen LogP contribution < -0.4 is 10.5 Å². The zero-order valence-electron chi connectivity index (χ0n) is 7.97. The molecule has 0 aromatic carbocycles. The number of amides is 1. The molecule has 1 amide bonds. The molecule has 0 saturated heterocycles. The molecule has 0 spiro atoms. The summed E-state index contributed by atoms with van der Waals surface area (Å²) < 4.78 is 22.8. The summed E-state index contributed by atoms with van der Waals surface area (Å²) in [6.07, 6.45) is 0.499. The minimum absolute atomic E-state index is 0. The van der Waals surface area contributed by atoms with Crippen LogP contribution in [0.1, 0.15) is 12.8 Å². The third kappa shape index (κ3) is 9.63. The highest BCUT2D eigenvalue weighted by molar-refractivity contribution is 8.93. The lowest BCUT2D eigenvalue weighted by atomic mass is 10.2. The van der Waals surface area contributed by atoms with Gasteiger partial charge in [0.25, 0.3) is 0 Å². The molecule has 0 aliphatic rings. The first-order chi connectivity index (χ1) is 6.22. The van der Waals surface area contributed by atoms with Gasteiger partial charge in [0, 0.05) is 6.42 Å². The number of nitrogens with one attached hydrogen (secondary N) is 1. The van der Waals surface area contributed by atoms with Crippen LogP contribution in [0.4, 0.5) is 0 Å². The molecule has 0 aromatic heterocycles. The molecule has 0 radical (unpaired) electrons. The molecule has 90 valence electrons. The predicted octanol–water partition coefficient (Wildman–Crippen LogP) is -1.17. The Balaban J connectivity index is 0. The molecule has 0 aliphatic carbocycles. The summed E-state index contributed by atoms with van der Waals surface area (Å²) in [5.74, 6) is -1.98. The molecule has 0 aromatic rings. The molecule has 9 heteroatoms. The van der Waals surface area contributed by atoms with Crippen LogP contribution in [0.5, 0.6) is 0 Å². The van der Waals surface area contributed by atoms with Gasteiger partial charge in [0.1, 0.15) is 6.04 Å². The first-order valence-corrected chi connectivity index (χ1v) is 5.60. The van der Waals surface area contributed by atoms with Crippen molar-refractivity contribution in [1.82, 2.24) is 4.72 Å². The number of hydrogen-bond donors (Lipinski definition) is 3. The topological polar surface area (TPSA) is 127 Å². The molecule has 0 bridgehead atoms. The fourth-order valence-electron chi connectivity index (χ4n) is 0.668. The normalized spacial score (nSPS) is 12.4. The Kier molecular flexibility index (Phi) is 7.53. The Hall–Kier alpha value is -0.670. The van der Waals surface area contributed by atoms with Crippen LogP contribution in [0.15, 0.2) is 0 Å². The summed E-state index contributed by atoms with van der Waals surface area (Å²) >= 11 is 0. The van der Waals surface area contributed by atoms with Crippen LogP contribution in [0.25, 0.3) is 0 Å². The second-order valence-corrected chi connectivity index (χ2v) is 4.53. The molecule has 0 aliphatic heterocycles. The zero-order chi connectivity index (χ0) is 11.4. The Morgan fingerprint density at radius 3 is 2.27 bits per heavy atom. The van der Waals surface area contributed by atoms with E-state index < -0.39 is 27.9 Å². The van der Waals surface area contributed by atoms with Crippen molar-refractivity contribution in [2.45, 2.75) is 18.9 Å². The van der Waals surface area contributed by atoms with E-state index in [1.807, 2.05) is 0 Å². The quantitative estimate of drug-likeness (QED) is 0.587. The van der Waals surface area contributed by atoms with Crippen molar-refractivity contribution in [3.05, 3.63) is 0 Å². The summed E-state index contributed by atoms with van der Waals surface area (Å²) in [5, 5.41) is 8.35. The number of hydrogen-bond acceptors (Lipinski definition) is 5. The van der Waals surface area contributed by atoms with E-state index in [9.17, 15) is 18.0 Å². The Morgan fingerprint density at radius 2 is 1.93 bits per heavy atom. The van der Waals surface area contributed by atoms with E-state index in [1.54, 1.807) is 4.72 Å². The van der Waals surface area contributed by atoms with Crippen LogP contribution in [-0.2, 0) is 19.6 Å². The minimum atomic E-state index is -3.58. The van der Waals surface area contributed by atoms with Crippen molar-refractivity contribution in [2.24, 2.45) is 5.73 Å². The van der Waals surface area contributed by atoms with Crippen molar-refractivity contribution in [3.63, 3.8) is 0 Å². The van der Waals surface area contributed by atoms with Gasteiger partial charge in [-0.05, 0) is 6.42 Å². The van der Waals surface area contributed by atoms with E-state index in [1.165, 1.54) is 0 Å². The fourth-order valence-corrected chi connectivity index (χ4v) is 1.18. The molecule has 0 unspecified atom stereocenters. The summed E-state index contributed by atoms with van der Waals surface area (Å²) in [4.78, 5) is 21.1. The van der Waals surface area contributed by atoms with Crippen LogP contribution in [-0.4, -0.2) is 37.7 Å². The number of carbonyl (C=O) groups is 2. The van der Waals surface area contributed by atoms with E-state index in [4.69, 9.17) is 10.8 Å². The number of carboxylic acid groups (broad SMARTS) is 1. The lowest BCUT2D eigenvalue weighted by Gasteiger charge is -2.05. The van der Waals surface area contributed by atoms with Gasteiger partial charge in [0.2, 0.25) is 15.9 Å². The molecule has 15 heavy (non-hydrogen) atoms. The largest absolute Gasteiger partial charge is 0.480 e.